The Balaban J connectivity index is 1.59. The molecular weight excluding hydrogens is 350 g/mol. The van der Waals surface area contributed by atoms with Gasteiger partial charge in [0.15, 0.2) is 0 Å². The molecule has 1 aromatic heterocycles. The number of hydrogen-bond donors (Lipinski definition) is 1. The maximum absolute atomic E-state index is 12.6. The summed E-state index contributed by atoms with van der Waals surface area (Å²) in [5.41, 5.74) is 1.95. The Morgan fingerprint density at radius 3 is 2.46 bits per heavy atom. The molecule has 0 radical (unpaired) electrons. The second kappa shape index (κ2) is 7.48. The summed E-state index contributed by atoms with van der Waals surface area (Å²) in [4.78, 5) is 29.7. The molecule has 4 aromatic rings. The minimum atomic E-state index is -0.268. The van der Waals surface area contributed by atoms with Crippen LogP contribution < -0.4 is 10.9 Å². The zero-order valence-electron chi connectivity index (χ0n) is 15.4. The summed E-state index contributed by atoms with van der Waals surface area (Å²) in [7, 11) is 0. The highest BCUT2D eigenvalue weighted by Crippen LogP contribution is 2.23. The van der Waals surface area contributed by atoms with Crippen LogP contribution in [0.1, 0.15) is 5.82 Å². The number of aryl methyl sites for hydroxylation is 1. The summed E-state index contributed by atoms with van der Waals surface area (Å²) in [6, 6.07) is 24.6. The summed E-state index contributed by atoms with van der Waals surface area (Å²) in [6.07, 6.45) is 0. The number of nitrogens with one attached hydrogen (secondary N) is 1. The largest absolute Gasteiger partial charge is 0.324 e. The van der Waals surface area contributed by atoms with Gasteiger partial charge in [-0.25, -0.2) is 4.98 Å². The highest BCUT2D eigenvalue weighted by molar-refractivity contribution is 6.02. The van der Waals surface area contributed by atoms with Crippen molar-refractivity contribution in [1.29, 1.82) is 0 Å². The van der Waals surface area contributed by atoms with E-state index < -0.39 is 0 Å². The van der Waals surface area contributed by atoms with Crippen LogP contribution in [0.5, 0.6) is 0 Å². The molecule has 28 heavy (non-hydrogen) atoms. The zero-order chi connectivity index (χ0) is 19.5. The molecule has 138 valence electrons. The first-order valence-corrected chi connectivity index (χ1v) is 9.03. The number of rotatable bonds is 4. The van der Waals surface area contributed by atoms with Crippen molar-refractivity contribution in [2.24, 2.45) is 0 Å². The maximum atomic E-state index is 12.6. The lowest BCUT2D eigenvalue weighted by molar-refractivity contribution is -0.116. The van der Waals surface area contributed by atoms with Crippen LogP contribution in [0.4, 0.5) is 5.69 Å². The molecule has 0 saturated carbocycles. The van der Waals surface area contributed by atoms with Gasteiger partial charge >= 0.3 is 0 Å². The third-order valence-corrected chi connectivity index (χ3v) is 4.63. The number of aromatic nitrogens is 2. The van der Waals surface area contributed by atoms with Crippen molar-refractivity contribution in [3.8, 4) is 11.3 Å². The standard InChI is InChI=1S/C23H19N3O2/c1-16-24-21(18-9-3-2-4-10-18)14-23(28)26(16)15-22(27)25-20-13-7-11-17-8-5-6-12-19(17)20/h2-14H,15H2,1H3,(H,25,27). The van der Waals surface area contributed by atoms with Crippen LogP contribution in [0, 0.1) is 6.92 Å². The molecule has 3 aromatic carbocycles. The number of carbonyl (C=O) groups is 1. The number of hydrogen-bond acceptors (Lipinski definition) is 3. The van der Waals surface area contributed by atoms with Gasteiger partial charge in [-0.05, 0) is 18.4 Å². The monoisotopic (exact) mass is 369 g/mol. The summed E-state index contributed by atoms with van der Waals surface area (Å²) in [5, 5.41) is 4.91. The van der Waals surface area contributed by atoms with Crippen LogP contribution in [0.2, 0.25) is 0 Å². The van der Waals surface area contributed by atoms with E-state index in [1.165, 1.54) is 10.6 Å². The van der Waals surface area contributed by atoms with Crippen molar-refractivity contribution in [3.63, 3.8) is 0 Å². The van der Waals surface area contributed by atoms with E-state index in [2.05, 4.69) is 10.3 Å². The first-order chi connectivity index (χ1) is 13.6. The Kier molecular flexibility index (Phi) is 4.72. The van der Waals surface area contributed by atoms with E-state index in [1.807, 2.05) is 72.8 Å². The van der Waals surface area contributed by atoms with E-state index in [9.17, 15) is 9.59 Å². The highest BCUT2D eigenvalue weighted by atomic mass is 16.2. The molecule has 1 heterocycles. The van der Waals surface area contributed by atoms with Crippen molar-refractivity contribution in [2.75, 3.05) is 5.32 Å². The second-order valence-electron chi connectivity index (χ2n) is 6.55. The van der Waals surface area contributed by atoms with E-state index >= 15 is 0 Å². The first kappa shape index (κ1) is 17.7. The fourth-order valence-electron chi connectivity index (χ4n) is 3.24. The van der Waals surface area contributed by atoms with Crippen LogP contribution in [0.15, 0.2) is 83.7 Å². The molecule has 5 heteroatoms. The Morgan fingerprint density at radius 1 is 0.964 bits per heavy atom. The van der Waals surface area contributed by atoms with Gasteiger partial charge in [0.25, 0.3) is 5.56 Å². The molecule has 5 nitrogen and oxygen atoms in total. The second-order valence-corrected chi connectivity index (χ2v) is 6.55. The van der Waals surface area contributed by atoms with Crippen LogP contribution in [0.3, 0.4) is 0 Å². The quantitative estimate of drug-likeness (QED) is 0.591. The van der Waals surface area contributed by atoms with E-state index in [-0.39, 0.29) is 18.0 Å². The number of anilines is 1. The number of amides is 1. The zero-order valence-corrected chi connectivity index (χ0v) is 15.4. The summed E-state index contributed by atoms with van der Waals surface area (Å²) in [6.45, 7) is 1.65. The fourth-order valence-corrected chi connectivity index (χ4v) is 3.24. The van der Waals surface area contributed by atoms with E-state index in [4.69, 9.17) is 0 Å². The summed E-state index contributed by atoms with van der Waals surface area (Å²) < 4.78 is 1.38. The van der Waals surface area contributed by atoms with Gasteiger partial charge in [0.05, 0.1) is 5.69 Å². The molecule has 0 saturated heterocycles. The molecule has 1 N–H and O–H groups in total. The molecular formula is C23H19N3O2. The molecule has 4 rings (SSSR count). The Hall–Kier alpha value is -3.73. The number of nitrogens with zero attached hydrogens (tertiary/aromatic N) is 2. The lowest BCUT2D eigenvalue weighted by Crippen LogP contribution is -2.29. The Morgan fingerprint density at radius 2 is 1.68 bits per heavy atom. The van der Waals surface area contributed by atoms with Gasteiger partial charge in [0, 0.05) is 22.7 Å². The van der Waals surface area contributed by atoms with Crippen LogP contribution >= 0.6 is 0 Å². The van der Waals surface area contributed by atoms with Crippen LogP contribution in [-0.4, -0.2) is 15.5 Å². The van der Waals surface area contributed by atoms with Crippen molar-refractivity contribution >= 4 is 22.4 Å². The average Bonchev–Trinajstić information content (AvgIpc) is 2.71. The summed E-state index contributed by atoms with van der Waals surface area (Å²) in [5.74, 6) is 0.232. The van der Waals surface area contributed by atoms with E-state index in [0.29, 0.717) is 11.5 Å². The SMILES string of the molecule is Cc1nc(-c2ccccc2)cc(=O)n1CC(=O)Nc1cccc2ccccc12. The minimum Gasteiger partial charge on any atom is -0.324 e. The molecule has 0 unspecified atom stereocenters. The number of fused-ring (bicyclic) bond motifs is 1. The molecule has 0 spiro atoms. The molecule has 0 fully saturated rings. The van der Waals surface area contributed by atoms with Crippen molar-refractivity contribution in [3.05, 3.63) is 95.0 Å². The highest BCUT2D eigenvalue weighted by Gasteiger charge is 2.12. The third kappa shape index (κ3) is 3.55. The third-order valence-electron chi connectivity index (χ3n) is 4.63. The van der Waals surface area contributed by atoms with Gasteiger partial charge in [0.1, 0.15) is 12.4 Å². The fraction of sp³-hybridized carbons (Fsp3) is 0.0870. The summed E-state index contributed by atoms with van der Waals surface area (Å²) >= 11 is 0. The Bertz CT molecular complexity index is 1210. The van der Waals surface area contributed by atoms with E-state index in [0.717, 1.165) is 22.0 Å². The van der Waals surface area contributed by atoms with Crippen molar-refractivity contribution < 1.29 is 4.79 Å². The molecule has 0 aliphatic rings. The molecule has 0 aliphatic heterocycles. The normalized spacial score (nSPS) is 10.8. The molecule has 0 atom stereocenters. The van der Waals surface area contributed by atoms with Crippen LogP contribution in [0.25, 0.3) is 22.0 Å². The predicted octanol–water partition coefficient (Wildman–Crippen LogP) is 4.01. The van der Waals surface area contributed by atoms with Crippen molar-refractivity contribution in [2.45, 2.75) is 13.5 Å². The maximum Gasteiger partial charge on any atom is 0.254 e. The van der Waals surface area contributed by atoms with Gasteiger partial charge in [-0.2, -0.15) is 0 Å². The lowest BCUT2D eigenvalue weighted by Gasteiger charge is -2.12. The molecule has 1 amide bonds. The average molecular weight is 369 g/mol. The predicted molar refractivity (Wildman–Crippen MR) is 111 cm³/mol. The van der Waals surface area contributed by atoms with Crippen molar-refractivity contribution in [1.82, 2.24) is 9.55 Å². The first-order valence-electron chi connectivity index (χ1n) is 9.03. The lowest BCUT2D eigenvalue weighted by atomic mass is 10.1. The van der Waals surface area contributed by atoms with Gasteiger partial charge in [-0.1, -0.05) is 66.7 Å². The van der Waals surface area contributed by atoms with Gasteiger partial charge in [-0.3, -0.25) is 14.2 Å². The van der Waals surface area contributed by atoms with Crippen LogP contribution in [-0.2, 0) is 11.3 Å². The molecule has 0 bridgehead atoms. The smallest absolute Gasteiger partial charge is 0.254 e. The van der Waals surface area contributed by atoms with Gasteiger partial charge < -0.3 is 5.32 Å². The topological polar surface area (TPSA) is 64.0 Å². The number of benzene rings is 3. The molecule has 0 aliphatic carbocycles. The van der Waals surface area contributed by atoms with E-state index in [1.54, 1.807) is 6.92 Å². The van der Waals surface area contributed by atoms with Gasteiger partial charge in [-0.15, -0.1) is 0 Å². The Labute approximate surface area is 162 Å². The van der Waals surface area contributed by atoms with Gasteiger partial charge in [0.2, 0.25) is 5.91 Å². The minimum absolute atomic E-state index is 0.0873. The number of carbonyl (C=O) groups excluding carboxylic acids is 1.